The summed E-state index contributed by atoms with van der Waals surface area (Å²) in [5.41, 5.74) is 0.738. The van der Waals surface area contributed by atoms with Crippen molar-refractivity contribution < 1.29 is 9.90 Å². The molecule has 0 amide bonds. The number of carbonyl (C=O) groups is 1. The van der Waals surface area contributed by atoms with Crippen LogP contribution in [0.1, 0.15) is 92.4 Å². The lowest BCUT2D eigenvalue weighted by Gasteiger charge is -2.60. The minimum absolute atomic E-state index is 0.0490. The van der Waals surface area contributed by atoms with Crippen molar-refractivity contribution in [1.82, 2.24) is 0 Å². The Morgan fingerprint density at radius 2 is 1.52 bits per heavy atom. The van der Waals surface area contributed by atoms with Gasteiger partial charge >= 0.3 is 0 Å². The lowest BCUT2D eigenvalue weighted by Crippen LogP contribution is -2.54. The van der Waals surface area contributed by atoms with E-state index in [2.05, 4.69) is 13.8 Å². The van der Waals surface area contributed by atoms with Crippen LogP contribution in [0.15, 0.2) is 0 Å². The average molecular weight is 349 g/mol. The minimum Gasteiger partial charge on any atom is -0.393 e. The molecule has 4 aliphatic carbocycles. The van der Waals surface area contributed by atoms with Gasteiger partial charge in [-0.25, -0.2) is 0 Å². The number of Topliss-reactive ketones (excluding diaryl/α,β-unsaturated/α-hetero) is 1. The molecule has 0 bridgehead atoms. The largest absolute Gasteiger partial charge is 0.393 e. The van der Waals surface area contributed by atoms with Crippen molar-refractivity contribution in [2.45, 2.75) is 98.5 Å². The molecular weight excluding hydrogens is 308 g/mol. The Labute approximate surface area is 155 Å². The molecule has 2 nitrogen and oxygen atoms in total. The number of carbonyl (C=O) groups excluding carboxylic acids is 1. The van der Waals surface area contributed by atoms with E-state index in [4.69, 9.17) is 0 Å². The molecule has 2 heteroatoms. The Kier molecular flexibility index (Phi) is 5.42. The smallest absolute Gasteiger partial charge is 0.133 e. The van der Waals surface area contributed by atoms with Crippen LogP contribution in [0.2, 0.25) is 0 Å². The molecule has 144 valence electrons. The number of hydrogen-bond donors (Lipinski definition) is 1. The summed E-state index contributed by atoms with van der Waals surface area (Å²) < 4.78 is 0. The zero-order valence-electron chi connectivity index (χ0n) is 17.2. The fourth-order valence-electron chi connectivity index (χ4n) is 7.90. The zero-order chi connectivity index (χ0) is 18.4. The Balaban J connectivity index is 0.000000880. The van der Waals surface area contributed by atoms with Crippen LogP contribution in [-0.4, -0.2) is 17.0 Å². The van der Waals surface area contributed by atoms with Gasteiger partial charge in [0.1, 0.15) is 5.78 Å². The van der Waals surface area contributed by atoms with Gasteiger partial charge in [0.2, 0.25) is 0 Å². The number of hydrogen-bond acceptors (Lipinski definition) is 2. The molecule has 0 spiro atoms. The third-order valence-corrected chi connectivity index (χ3v) is 9.13. The van der Waals surface area contributed by atoms with Gasteiger partial charge in [0.05, 0.1) is 6.10 Å². The average Bonchev–Trinajstić information content (AvgIpc) is 2.95. The first-order valence-electron chi connectivity index (χ1n) is 11.0. The van der Waals surface area contributed by atoms with Crippen molar-refractivity contribution in [3.05, 3.63) is 0 Å². The monoisotopic (exact) mass is 348 g/mol. The summed E-state index contributed by atoms with van der Waals surface area (Å²) in [6.45, 7) is 10.8. The second-order valence-corrected chi connectivity index (χ2v) is 9.87. The second kappa shape index (κ2) is 6.98. The molecule has 0 aromatic heterocycles. The van der Waals surface area contributed by atoms with Gasteiger partial charge in [0.25, 0.3) is 0 Å². The highest BCUT2D eigenvalue weighted by Gasteiger charge is 2.60. The first-order chi connectivity index (χ1) is 11.9. The molecule has 1 N–H and O–H groups in total. The summed E-state index contributed by atoms with van der Waals surface area (Å²) in [6, 6.07) is 0. The van der Waals surface area contributed by atoms with Crippen molar-refractivity contribution in [2.24, 2.45) is 40.4 Å². The summed E-state index contributed by atoms with van der Waals surface area (Å²) in [7, 11) is 0. The standard InChI is InChI=1S/C21H34O2.C2H6/c1-13(22)17-6-7-18-16-5-4-14-12-15(23)8-10-20(14,2)19(16)9-11-21(17,18)3;1-2/h14-19,23H,4-12H2,1-3H3;1-2H3/t14?,15?,16?,17?,18?,19?,20-,21?;/m0./s1. The molecule has 0 heterocycles. The van der Waals surface area contributed by atoms with Crippen LogP contribution in [0.3, 0.4) is 0 Å². The number of fused-ring (bicyclic) bond motifs is 5. The molecular formula is C23H40O2. The van der Waals surface area contributed by atoms with E-state index in [0.29, 0.717) is 17.1 Å². The molecule has 0 aliphatic heterocycles. The van der Waals surface area contributed by atoms with Gasteiger partial charge in [-0.2, -0.15) is 0 Å². The molecule has 7 unspecified atom stereocenters. The van der Waals surface area contributed by atoms with Gasteiger partial charge < -0.3 is 5.11 Å². The Bertz CT molecular complexity index is 500. The maximum absolute atomic E-state index is 12.2. The lowest BCUT2D eigenvalue weighted by molar-refractivity contribution is -0.138. The third-order valence-electron chi connectivity index (χ3n) is 9.13. The van der Waals surface area contributed by atoms with E-state index in [1.54, 1.807) is 0 Å². The predicted molar refractivity (Wildman–Crippen MR) is 103 cm³/mol. The molecule has 0 saturated heterocycles. The highest BCUT2D eigenvalue weighted by atomic mass is 16.3. The van der Waals surface area contributed by atoms with Crippen LogP contribution in [0.5, 0.6) is 0 Å². The first kappa shape index (κ1) is 19.4. The van der Waals surface area contributed by atoms with Gasteiger partial charge in [-0.1, -0.05) is 27.7 Å². The predicted octanol–water partition coefficient (Wildman–Crippen LogP) is 5.62. The molecule has 0 aromatic carbocycles. The van der Waals surface area contributed by atoms with E-state index in [1.807, 2.05) is 20.8 Å². The SMILES string of the molecule is CC.CC(=O)C1CCC2C3CCC4CC(O)CC[C@]4(C)C3CCC12C. The topological polar surface area (TPSA) is 37.3 Å². The number of rotatable bonds is 1. The maximum atomic E-state index is 12.2. The highest BCUT2D eigenvalue weighted by molar-refractivity contribution is 5.79. The molecule has 8 atom stereocenters. The summed E-state index contributed by atoms with van der Waals surface area (Å²) in [5.74, 6) is 3.97. The van der Waals surface area contributed by atoms with Gasteiger partial charge in [0, 0.05) is 5.92 Å². The van der Waals surface area contributed by atoms with E-state index in [0.717, 1.165) is 42.9 Å². The second-order valence-electron chi connectivity index (χ2n) is 9.87. The van der Waals surface area contributed by atoms with E-state index < -0.39 is 0 Å². The van der Waals surface area contributed by atoms with Gasteiger partial charge in [-0.05, 0) is 99.2 Å². The van der Waals surface area contributed by atoms with Crippen LogP contribution in [0.4, 0.5) is 0 Å². The summed E-state index contributed by atoms with van der Waals surface area (Å²) in [6.07, 6.45) is 10.9. The molecule has 0 radical (unpaired) electrons. The number of ketones is 1. The van der Waals surface area contributed by atoms with Crippen molar-refractivity contribution in [1.29, 1.82) is 0 Å². The van der Waals surface area contributed by atoms with Crippen LogP contribution in [0, 0.1) is 40.4 Å². The minimum atomic E-state index is -0.0490. The van der Waals surface area contributed by atoms with Gasteiger partial charge in [0.15, 0.2) is 0 Å². The molecule has 4 fully saturated rings. The van der Waals surface area contributed by atoms with Crippen LogP contribution >= 0.6 is 0 Å². The molecule has 0 aromatic rings. The van der Waals surface area contributed by atoms with Crippen molar-refractivity contribution in [2.75, 3.05) is 0 Å². The van der Waals surface area contributed by atoms with E-state index in [9.17, 15) is 9.90 Å². The normalized spacial score (nSPS) is 51.4. The van der Waals surface area contributed by atoms with E-state index in [-0.39, 0.29) is 11.5 Å². The third kappa shape index (κ3) is 2.91. The van der Waals surface area contributed by atoms with Crippen molar-refractivity contribution >= 4 is 5.78 Å². The van der Waals surface area contributed by atoms with Crippen LogP contribution in [-0.2, 0) is 4.79 Å². The number of aliphatic hydroxyl groups excluding tert-OH is 1. The Morgan fingerprint density at radius 3 is 2.20 bits per heavy atom. The fourth-order valence-corrected chi connectivity index (χ4v) is 7.90. The molecule has 4 aliphatic rings. The molecule has 4 rings (SSSR count). The van der Waals surface area contributed by atoms with E-state index >= 15 is 0 Å². The van der Waals surface area contributed by atoms with Crippen LogP contribution in [0.25, 0.3) is 0 Å². The lowest BCUT2D eigenvalue weighted by atomic mass is 9.44. The molecule has 25 heavy (non-hydrogen) atoms. The zero-order valence-corrected chi connectivity index (χ0v) is 17.2. The quantitative estimate of drug-likeness (QED) is 0.667. The van der Waals surface area contributed by atoms with E-state index in [1.165, 1.54) is 38.5 Å². The van der Waals surface area contributed by atoms with Crippen LogP contribution < -0.4 is 0 Å². The highest BCUT2D eigenvalue weighted by Crippen LogP contribution is 2.67. The van der Waals surface area contributed by atoms with Crippen molar-refractivity contribution in [3.63, 3.8) is 0 Å². The number of aliphatic hydroxyl groups is 1. The summed E-state index contributed by atoms with van der Waals surface area (Å²) >= 11 is 0. The Hall–Kier alpha value is -0.370. The summed E-state index contributed by atoms with van der Waals surface area (Å²) in [4.78, 5) is 12.2. The van der Waals surface area contributed by atoms with Gasteiger partial charge in [-0.3, -0.25) is 4.79 Å². The molecule has 4 saturated carbocycles. The Morgan fingerprint density at radius 1 is 0.880 bits per heavy atom. The van der Waals surface area contributed by atoms with Crippen molar-refractivity contribution in [3.8, 4) is 0 Å². The fraction of sp³-hybridized carbons (Fsp3) is 0.957. The summed E-state index contributed by atoms with van der Waals surface area (Å²) in [5, 5.41) is 10.1. The van der Waals surface area contributed by atoms with Gasteiger partial charge in [-0.15, -0.1) is 0 Å². The first-order valence-corrected chi connectivity index (χ1v) is 11.0. The maximum Gasteiger partial charge on any atom is 0.133 e.